The van der Waals surface area contributed by atoms with Crippen molar-refractivity contribution < 1.29 is 14.3 Å². The number of hydrogen-bond donors (Lipinski definition) is 1. The van der Waals surface area contributed by atoms with E-state index in [-0.39, 0.29) is 12.0 Å². The second-order valence-electron chi connectivity index (χ2n) is 4.60. The van der Waals surface area contributed by atoms with E-state index in [4.69, 9.17) is 15.2 Å². The Kier molecular flexibility index (Phi) is 5.63. The van der Waals surface area contributed by atoms with Crippen LogP contribution in [0.5, 0.6) is 5.75 Å². The first-order valence-corrected chi connectivity index (χ1v) is 6.26. The van der Waals surface area contributed by atoms with Gasteiger partial charge in [-0.15, -0.1) is 0 Å². The Morgan fingerprint density at radius 1 is 1.42 bits per heavy atom. The fraction of sp³-hybridized carbons (Fsp3) is 0.500. The van der Waals surface area contributed by atoms with E-state index in [1.807, 2.05) is 13.8 Å². The first kappa shape index (κ1) is 15.3. The van der Waals surface area contributed by atoms with Gasteiger partial charge in [0, 0.05) is 19.2 Å². The monoisotopic (exact) mass is 266 g/mol. The van der Waals surface area contributed by atoms with Crippen LogP contribution in [0.3, 0.4) is 0 Å². The van der Waals surface area contributed by atoms with Gasteiger partial charge in [-0.1, -0.05) is 0 Å². The third kappa shape index (κ3) is 4.44. The molecule has 0 aliphatic rings. The highest BCUT2D eigenvalue weighted by Crippen LogP contribution is 2.22. The molecule has 0 saturated carbocycles. The minimum absolute atomic E-state index is 0.0781. The fourth-order valence-electron chi connectivity index (χ4n) is 1.59. The Morgan fingerprint density at radius 3 is 2.68 bits per heavy atom. The van der Waals surface area contributed by atoms with E-state index < -0.39 is 0 Å². The van der Waals surface area contributed by atoms with Crippen LogP contribution in [0.25, 0.3) is 0 Å². The quantitative estimate of drug-likeness (QED) is 0.797. The number of methoxy groups -OCH3 is 1. The normalized spacial score (nSPS) is 10.6. The fourth-order valence-corrected chi connectivity index (χ4v) is 1.59. The Bertz CT molecular complexity index is 433. The average molecular weight is 266 g/mol. The highest BCUT2D eigenvalue weighted by molar-refractivity contribution is 5.95. The minimum Gasteiger partial charge on any atom is -0.495 e. The average Bonchev–Trinajstić information content (AvgIpc) is 2.38. The molecule has 19 heavy (non-hydrogen) atoms. The molecule has 1 rings (SSSR count). The Morgan fingerprint density at radius 2 is 2.11 bits per heavy atom. The first-order valence-electron chi connectivity index (χ1n) is 6.26. The lowest BCUT2D eigenvalue weighted by molar-refractivity contribution is 0.0532. The van der Waals surface area contributed by atoms with E-state index in [2.05, 4.69) is 0 Å². The van der Waals surface area contributed by atoms with Crippen LogP contribution in [0.4, 0.5) is 5.69 Å². The summed E-state index contributed by atoms with van der Waals surface area (Å²) in [5.74, 6) is 0.434. The summed E-state index contributed by atoms with van der Waals surface area (Å²) in [6.45, 7) is 5.00. The zero-order valence-corrected chi connectivity index (χ0v) is 12.0. The molecule has 0 heterocycles. The highest BCUT2D eigenvalue weighted by Gasteiger charge is 2.13. The van der Waals surface area contributed by atoms with Crippen molar-refractivity contribution in [3.05, 3.63) is 23.8 Å². The van der Waals surface area contributed by atoms with Crippen molar-refractivity contribution in [1.82, 2.24) is 4.90 Å². The number of carbonyl (C=O) groups excluding carboxylic acids is 1. The number of carbonyl (C=O) groups is 1. The van der Waals surface area contributed by atoms with Crippen LogP contribution in [0.1, 0.15) is 24.2 Å². The van der Waals surface area contributed by atoms with E-state index >= 15 is 0 Å². The predicted molar refractivity (Wildman–Crippen MR) is 75.5 cm³/mol. The van der Waals surface area contributed by atoms with Gasteiger partial charge in [-0.2, -0.15) is 0 Å². The summed E-state index contributed by atoms with van der Waals surface area (Å²) in [5.41, 5.74) is 6.79. The smallest absolute Gasteiger partial charge is 0.253 e. The van der Waals surface area contributed by atoms with Crippen molar-refractivity contribution >= 4 is 11.6 Å². The molecule has 2 N–H and O–H groups in total. The van der Waals surface area contributed by atoms with Gasteiger partial charge in [0.15, 0.2) is 0 Å². The Balaban J connectivity index is 2.66. The van der Waals surface area contributed by atoms with E-state index in [1.54, 1.807) is 30.1 Å². The zero-order chi connectivity index (χ0) is 14.4. The third-order valence-corrected chi connectivity index (χ3v) is 2.71. The number of nitrogens with two attached hydrogens (primary N) is 1. The lowest BCUT2D eigenvalue weighted by atomic mass is 10.1. The SMILES string of the molecule is COc1cc(C(=O)N(C)CCOC(C)C)ccc1N. The van der Waals surface area contributed by atoms with Gasteiger partial charge in [0.1, 0.15) is 5.75 Å². The number of anilines is 1. The van der Waals surface area contributed by atoms with Crippen LogP contribution in [0, 0.1) is 0 Å². The molecular formula is C14H22N2O3. The van der Waals surface area contributed by atoms with Crippen LogP contribution in [-0.2, 0) is 4.74 Å². The largest absolute Gasteiger partial charge is 0.495 e. The maximum Gasteiger partial charge on any atom is 0.253 e. The molecule has 0 saturated heterocycles. The number of nitrogen functional groups attached to an aromatic ring is 1. The Hall–Kier alpha value is -1.75. The second-order valence-corrected chi connectivity index (χ2v) is 4.60. The summed E-state index contributed by atoms with van der Waals surface area (Å²) in [7, 11) is 3.27. The van der Waals surface area contributed by atoms with Gasteiger partial charge in [-0.05, 0) is 32.0 Å². The van der Waals surface area contributed by atoms with Crippen LogP contribution >= 0.6 is 0 Å². The topological polar surface area (TPSA) is 64.8 Å². The molecule has 0 atom stereocenters. The molecule has 5 heteroatoms. The van der Waals surface area contributed by atoms with Crippen LogP contribution in [0.15, 0.2) is 18.2 Å². The lowest BCUT2D eigenvalue weighted by Gasteiger charge is -2.18. The van der Waals surface area contributed by atoms with Crippen LogP contribution in [-0.4, -0.2) is 44.2 Å². The standard InChI is InChI=1S/C14H22N2O3/c1-10(2)19-8-7-16(3)14(17)11-5-6-12(15)13(9-11)18-4/h5-6,9-10H,7-8,15H2,1-4H3. The summed E-state index contributed by atoms with van der Waals surface area (Å²) < 4.78 is 10.5. The molecule has 0 fully saturated rings. The Labute approximate surface area is 114 Å². The van der Waals surface area contributed by atoms with Gasteiger partial charge in [-0.25, -0.2) is 0 Å². The summed E-state index contributed by atoms with van der Waals surface area (Å²) in [4.78, 5) is 13.8. The summed E-state index contributed by atoms with van der Waals surface area (Å²) in [6.07, 6.45) is 0.167. The highest BCUT2D eigenvalue weighted by atomic mass is 16.5. The number of ether oxygens (including phenoxy) is 2. The van der Waals surface area contributed by atoms with Crippen molar-refractivity contribution in [3.63, 3.8) is 0 Å². The molecule has 1 aromatic carbocycles. The zero-order valence-electron chi connectivity index (χ0n) is 12.0. The molecule has 1 aromatic rings. The molecule has 0 bridgehead atoms. The van der Waals surface area contributed by atoms with Crippen molar-refractivity contribution in [2.75, 3.05) is 33.0 Å². The van der Waals surface area contributed by atoms with Crippen LogP contribution < -0.4 is 10.5 Å². The van der Waals surface area contributed by atoms with Crippen molar-refractivity contribution in [2.24, 2.45) is 0 Å². The van der Waals surface area contributed by atoms with Gasteiger partial charge < -0.3 is 20.1 Å². The second kappa shape index (κ2) is 6.99. The molecule has 0 aliphatic heterocycles. The minimum atomic E-state index is -0.0781. The van der Waals surface area contributed by atoms with Crippen molar-refractivity contribution in [1.29, 1.82) is 0 Å². The lowest BCUT2D eigenvalue weighted by Crippen LogP contribution is -2.30. The van der Waals surface area contributed by atoms with Gasteiger partial charge in [0.05, 0.1) is 25.5 Å². The van der Waals surface area contributed by atoms with Crippen molar-refractivity contribution in [3.8, 4) is 5.75 Å². The molecule has 0 spiro atoms. The maximum atomic E-state index is 12.2. The number of likely N-dealkylation sites (N-methyl/N-ethyl adjacent to an activating group) is 1. The van der Waals surface area contributed by atoms with Crippen LogP contribution in [0.2, 0.25) is 0 Å². The molecular weight excluding hydrogens is 244 g/mol. The molecule has 0 aliphatic carbocycles. The number of amides is 1. The van der Waals surface area contributed by atoms with Gasteiger partial charge in [-0.3, -0.25) is 4.79 Å². The molecule has 0 aromatic heterocycles. The predicted octanol–water partition coefficient (Wildman–Crippen LogP) is 1.77. The summed E-state index contributed by atoms with van der Waals surface area (Å²) >= 11 is 0. The number of benzene rings is 1. The van der Waals surface area contributed by atoms with E-state index in [0.29, 0.717) is 30.2 Å². The van der Waals surface area contributed by atoms with Gasteiger partial charge >= 0.3 is 0 Å². The molecule has 0 unspecified atom stereocenters. The molecule has 5 nitrogen and oxygen atoms in total. The van der Waals surface area contributed by atoms with Gasteiger partial charge in [0.2, 0.25) is 0 Å². The summed E-state index contributed by atoms with van der Waals surface area (Å²) in [6, 6.07) is 5.02. The third-order valence-electron chi connectivity index (χ3n) is 2.71. The first-order chi connectivity index (χ1) is 8.95. The van der Waals surface area contributed by atoms with E-state index in [1.165, 1.54) is 7.11 Å². The molecule has 0 radical (unpaired) electrons. The number of hydrogen-bond acceptors (Lipinski definition) is 4. The molecule has 1 amide bonds. The molecule has 106 valence electrons. The number of rotatable bonds is 6. The van der Waals surface area contributed by atoms with E-state index in [9.17, 15) is 4.79 Å². The van der Waals surface area contributed by atoms with Crippen molar-refractivity contribution in [2.45, 2.75) is 20.0 Å². The van der Waals surface area contributed by atoms with Gasteiger partial charge in [0.25, 0.3) is 5.91 Å². The number of nitrogens with zero attached hydrogens (tertiary/aromatic N) is 1. The maximum absolute atomic E-state index is 12.2. The summed E-state index contributed by atoms with van der Waals surface area (Å²) in [5, 5.41) is 0. The van der Waals surface area contributed by atoms with E-state index in [0.717, 1.165) is 0 Å².